The Morgan fingerprint density at radius 1 is 0.750 bits per heavy atom. The Bertz CT molecular complexity index is 47.8. The first-order valence-electron chi connectivity index (χ1n) is 4.71. The first-order valence-corrected chi connectivity index (χ1v) is 4.71. The van der Waals surface area contributed by atoms with Crippen molar-refractivity contribution in [2.75, 3.05) is 0 Å². The molecule has 0 aliphatic carbocycles. The van der Waals surface area contributed by atoms with Gasteiger partial charge in [-0.2, -0.15) is 0 Å². The molecule has 5 radical (unpaired) electrons. The van der Waals surface area contributed by atoms with Crippen LogP contribution in [0.4, 0.5) is 0 Å². The van der Waals surface area contributed by atoms with Crippen LogP contribution in [0.25, 0.3) is 0 Å². The van der Waals surface area contributed by atoms with E-state index in [1.54, 1.807) is 0 Å². The Morgan fingerprint density at radius 2 is 1.17 bits per heavy atom. The number of unbranched alkanes of at least 4 members (excludes halogenated alkanes) is 7. The normalized spacial score (nSPS) is 8.50. The van der Waals surface area contributed by atoms with Crippen molar-refractivity contribution in [3.8, 4) is 0 Å². The number of hydrogen-bond acceptors (Lipinski definition) is 0. The summed E-state index contributed by atoms with van der Waals surface area (Å²) < 4.78 is 0. The molecule has 0 aliphatic heterocycles. The second kappa shape index (κ2) is 18.4. The van der Waals surface area contributed by atoms with E-state index in [0.717, 1.165) is 6.42 Å². The maximum absolute atomic E-state index is 3.82. The number of hydrogen-bond donors (Lipinski definition) is 0. The molecule has 0 aromatic rings. The molecule has 0 spiro atoms. The van der Waals surface area contributed by atoms with Gasteiger partial charge in [0, 0.05) is 0 Å². The fraction of sp³-hybridized carbons (Fsp3) is 0.900. The van der Waals surface area contributed by atoms with Gasteiger partial charge in [-0.15, -0.1) is 0 Å². The van der Waals surface area contributed by atoms with Crippen molar-refractivity contribution >= 4 is 47.8 Å². The topological polar surface area (TPSA) is 0 Å². The average Bonchev–Trinajstić information content (AvgIpc) is 1.97. The van der Waals surface area contributed by atoms with Gasteiger partial charge in [-0.1, -0.05) is 65.2 Å². The zero-order valence-corrected chi connectivity index (χ0v) is 16.9. The first kappa shape index (κ1) is 19.2. The van der Waals surface area contributed by atoms with Gasteiger partial charge >= 0.3 is 47.8 Å². The molecule has 0 rings (SSSR count). The van der Waals surface area contributed by atoms with Gasteiger partial charge in [-0.25, -0.2) is 0 Å². The van der Waals surface area contributed by atoms with Gasteiger partial charge in [0.05, 0.1) is 0 Å². The minimum atomic E-state index is 0. The summed E-state index contributed by atoms with van der Waals surface area (Å²) in [5.74, 6) is 0. The third kappa shape index (κ3) is 17.6. The SMILES string of the molecule is [CH2]CCCCCCCCC.[SnH2].[SnH2]. The molecular formula is C10H25Sn2. The molecule has 0 aromatic carbocycles. The van der Waals surface area contributed by atoms with Gasteiger partial charge in [0.1, 0.15) is 0 Å². The molecule has 0 saturated carbocycles. The monoisotopic (exact) mass is 385 g/mol. The van der Waals surface area contributed by atoms with Crippen LogP contribution in [-0.2, 0) is 0 Å². The fourth-order valence-corrected chi connectivity index (χ4v) is 1.13. The van der Waals surface area contributed by atoms with Crippen molar-refractivity contribution in [2.45, 2.75) is 58.3 Å². The van der Waals surface area contributed by atoms with Gasteiger partial charge in [0.2, 0.25) is 0 Å². The zero-order chi connectivity index (χ0) is 7.66. The van der Waals surface area contributed by atoms with Crippen molar-refractivity contribution in [1.29, 1.82) is 0 Å². The minimum absolute atomic E-state index is 0. The predicted molar refractivity (Wildman–Crippen MR) is 65.1 cm³/mol. The number of rotatable bonds is 7. The van der Waals surface area contributed by atoms with Gasteiger partial charge in [0.15, 0.2) is 0 Å². The molecule has 0 fully saturated rings. The molecule has 0 amide bonds. The summed E-state index contributed by atoms with van der Waals surface area (Å²) in [5.41, 5.74) is 0. The van der Waals surface area contributed by atoms with Crippen molar-refractivity contribution in [1.82, 2.24) is 0 Å². The summed E-state index contributed by atoms with van der Waals surface area (Å²) in [6.45, 7) is 6.08. The molecule has 2 heteroatoms. The van der Waals surface area contributed by atoms with E-state index >= 15 is 0 Å². The van der Waals surface area contributed by atoms with Crippen LogP contribution in [0.2, 0.25) is 0 Å². The summed E-state index contributed by atoms with van der Waals surface area (Å²) in [7, 11) is 0. The van der Waals surface area contributed by atoms with E-state index in [-0.39, 0.29) is 47.8 Å². The van der Waals surface area contributed by atoms with Crippen LogP contribution in [0.1, 0.15) is 58.3 Å². The Balaban J connectivity index is -0.000000405. The predicted octanol–water partition coefficient (Wildman–Crippen LogP) is 2.13. The van der Waals surface area contributed by atoms with Crippen molar-refractivity contribution < 1.29 is 0 Å². The van der Waals surface area contributed by atoms with Crippen molar-refractivity contribution in [2.24, 2.45) is 0 Å². The van der Waals surface area contributed by atoms with Crippen LogP contribution in [-0.4, -0.2) is 47.8 Å². The van der Waals surface area contributed by atoms with E-state index in [4.69, 9.17) is 0 Å². The quantitative estimate of drug-likeness (QED) is 0.467. The fourth-order valence-electron chi connectivity index (χ4n) is 1.13. The molecule has 73 valence electrons. The summed E-state index contributed by atoms with van der Waals surface area (Å²) in [6, 6.07) is 0. The molecule has 0 aromatic heterocycles. The summed E-state index contributed by atoms with van der Waals surface area (Å²) >= 11 is 0. The van der Waals surface area contributed by atoms with Crippen molar-refractivity contribution in [3.63, 3.8) is 0 Å². The van der Waals surface area contributed by atoms with Gasteiger partial charge in [-0.3, -0.25) is 0 Å². The molecule has 0 heterocycles. The molecular weight excluding hydrogens is 358 g/mol. The van der Waals surface area contributed by atoms with Crippen molar-refractivity contribution in [3.05, 3.63) is 6.92 Å². The molecule has 0 saturated heterocycles. The second-order valence-electron chi connectivity index (χ2n) is 2.97. The first-order chi connectivity index (χ1) is 4.91. The molecule has 0 N–H and O–H groups in total. The van der Waals surface area contributed by atoms with E-state index in [1.807, 2.05) is 0 Å². The third-order valence-corrected chi connectivity index (χ3v) is 1.85. The Morgan fingerprint density at radius 3 is 1.58 bits per heavy atom. The molecule has 0 bridgehead atoms. The van der Waals surface area contributed by atoms with Crippen LogP contribution < -0.4 is 0 Å². The van der Waals surface area contributed by atoms with Crippen LogP contribution in [0.3, 0.4) is 0 Å². The van der Waals surface area contributed by atoms with Gasteiger partial charge < -0.3 is 0 Å². The van der Waals surface area contributed by atoms with Crippen LogP contribution in [0.5, 0.6) is 0 Å². The van der Waals surface area contributed by atoms with E-state index in [2.05, 4.69) is 13.8 Å². The van der Waals surface area contributed by atoms with E-state index in [9.17, 15) is 0 Å². The average molecular weight is 383 g/mol. The van der Waals surface area contributed by atoms with Gasteiger partial charge in [0.25, 0.3) is 0 Å². The summed E-state index contributed by atoms with van der Waals surface area (Å²) in [6.07, 6.45) is 10.9. The van der Waals surface area contributed by atoms with Crippen LogP contribution in [0.15, 0.2) is 0 Å². The molecule has 0 atom stereocenters. The Hall–Kier alpha value is 1.60. The standard InChI is InChI=1S/C10H21.2Sn.4H/c1-3-5-7-9-10-8-6-4-2;;;;;;/h1,3-10H2,2H3;;;;;;. The molecule has 0 unspecified atom stereocenters. The van der Waals surface area contributed by atoms with Gasteiger partial charge in [-0.05, 0) is 0 Å². The maximum atomic E-state index is 3.82. The summed E-state index contributed by atoms with van der Waals surface area (Å²) in [4.78, 5) is 0. The summed E-state index contributed by atoms with van der Waals surface area (Å²) in [5, 5.41) is 0. The molecule has 0 nitrogen and oxygen atoms in total. The Labute approximate surface area is 112 Å². The second-order valence-corrected chi connectivity index (χ2v) is 2.97. The third-order valence-electron chi connectivity index (χ3n) is 1.85. The zero-order valence-electron chi connectivity index (χ0n) is 8.78. The van der Waals surface area contributed by atoms with Crippen LogP contribution >= 0.6 is 0 Å². The molecule has 12 heavy (non-hydrogen) atoms. The molecule has 0 aliphatic rings. The van der Waals surface area contributed by atoms with Crippen LogP contribution in [0, 0.1) is 6.92 Å². The van der Waals surface area contributed by atoms with E-state index in [0.29, 0.717) is 0 Å². The Kier molecular flexibility index (Phi) is 29.5. The van der Waals surface area contributed by atoms with E-state index in [1.165, 1.54) is 44.9 Å². The van der Waals surface area contributed by atoms with E-state index < -0.39 is 0 Å².